The van der Waals surface area contributed by atoms with Crippen LogP contribution in [0.2, 0.25) is 0 Å². The molecular formula is C19H24N2O. The van der Waals surface area contributed by atoms with E-state index in [-0.39, 0.29) is 0 Å². The van der Waals surface area contributed by atoms with Gasteiger partial charge in [0.15, 0.2) is 0 Å². The summed E-state index contributed by atoms with van der Waals surface area (Å²) in [7, 11) is 0. The van der Waals surface area contributed by atoms with Crippen LogP contribution < -0.4 is 4.74 Å². The normalized spacial score (nSPS) is 18.8. The van der Waals surface area contributed by atoms with Crippen LogP contribution in [0.4, 0.5) is 0 Å². The number of nitrogens with zero attached hydrogens (tertiary/aromatic N) is 2. The van der Waals surface area contributed by atoms with Gasteiger partial charge in [0.05, 0.1) is 0 Å². The Labute approximate surface area is 132 Å². The van der Waals surface area contributed by atoms with Gasteiger partial charge in [-0.25, -0.2) is 4.98 Å². The van der Waals surface area contributed by atoms with Crippen LogP contribution in [0.1, 0.15) is 43.9 Å². The molecule has 2 aromatic rings. The fraction of sp³-hybridized carbons (Fsp3) is 0.421. The minimum atomic E-state index is 0.430. The summed E-state index contributed by atoms with van der Waals surface area (Å²) in [6.07, 6.45) is 4.25. The average Bonchev–Trinajstić information content (AvgIpc) is 3.04. The van der Waals surface area contributed by atoms with Crippen molar-refractivity contribution in [3.05, 3.63) is 59.8 Å². The SMILES string of the molecule is CC(C)N1CCC[C@@H]1c1cccnc1OCc1ccccc1. The molecule has 1 aromatic carbocycles. The van der Waals surface area contributed by atoms with E-state index in [1.54, 1.807) is 0 Å². The standard InChI is InChI=1S/C19H24N2O/c1-15(2)21-13-7-11-18(21)17-10-6-12-20-19(17)22-14-16-8-4-3-5-9-16/h3-6,8-10,12,15,18H,7,11,13-14H2,1-2H3/t18-/m1/s1. The molecule has 0 N–H and O–H groups in total. The zero-order valence-electron chi connectivity index (χ0n) is 13.4. The van der Waals surface area contributed by atoms with Gasteiger partial charge in [-0.2, -0.15) is 0 Å². The van der Waals surface area contributed by atoms with E-state index in [1.165, 1.54) is 24.0 Å². The summed E-state index contributed by atoms with van der Waals surface area (Å²) in [5.74, 6) is 0.781. The summed E-state index contributed by atoms with van der Waals surface area (Å²) in [5.41, 5.74) is 2.40. The predicted octanol–water partition coefficient (Wildman–Crippen LogP) is 4.21. The molecule has 116 valence electrons. The van der Waals surface area contributed by atoms with Gasteiger partial charge in [0.25, 0.3) is 0 Å². The van der Waals surface area contributed by atoms with Crippen molar-refractivity contribution in [2.45, 2.75) is 45.4 Å². The zero-order valence-corrected chi connectivity index (χ0v) is 13.4. The molecule has 0 amide bonds. The quantitative estimate of drug-likeness (QED) is 0.826. The molecule has 22 heavy (non-hydrogen) atoms. The van der Waals surface area contributed by atoms with E-state index in [4.69, 9.17) is 4.74 Å². The maximum absolute atomic E-state index is 6.03. The largest absolute Gasteiger partial charge is 0.473 e. The predicted molar refractivity (Wildman–Crippen MR) is 88.8 cm³/mol. The summed E-state index contributed by atoms with van der Waals surface area (Å²) in [6.45, 7) is 6.26. The smallest absolute Gasteiger partial charge is 0.218 e. The Balaban J connectivity index is 1.78. The summed E-state index contributed by atoms with van der Waals surface area (Å²) >= 11 is 0. The van der Waals surface area contributed by atoms with Crippen LogP contribution in [-0.2, 0) is 6.61 Å². The van der Waals surface area contributed by atoms with E-state index in [0.29, 0.717) is 18.7 Å². The van der Waals surface area contributed by atoms with Gasteiger partial charge in [0, 0.05) is 23.8 Å². The van der Waals surface area contributed by atoms with Crippen molar-refractivity contribution in [1.82, 2.24) is 9.88 Å². The van der Waals surface area contributed by atoms with Gasteiger partial charge in [-0.1, -0.05) is 36.4 Å². The van der Waals surface area contributed by atoms with Crippen LogP contribution in [0.15, 0.2) is 48.7 Å². The molecule has 3 rings (SSSR count). The van der Waals surface area contributed by atoms with Gasteiger partial charge in [-0.15, -0.1) is 0 Å². The van der Waals surface area contributed by atoms with E-state index in [2.05, 4.69) is 41.9 Å². The van der Waals surface area contributed by atoms with Gasteiger partial charge in [-0.3, -0.25) is 4.90 Å². The molecule has 0 unspecified atom stereocenters. The first-order chi connectivity index (χ1) is 10.8. The highest BCUT2D eigenvalue weighted by molar-refractivity contribution is 5.30. The molecule has 1 atom stereocenters. The maximum Gasteiger partial charge on any atom is 0.218 e. The molecule has 0 aliphatic carbocycles. The molecule has 0 saturated carbocycles. The molecule has 1 aliphatic rings. The van der Waals surface area contributed by atoms with Gasteiger partial charge >= 0.3 is 0 Å². The fourth-order valence-corrected chi connectivity index (χ4v) is 3.24. The molecule has 2 heterocycles. The minimum Gasteiger partial charge on any atom is -0.473 e. The molecular weight excluding hydrogens is 272 g/mol. The van der Waals surface area contributed by atoms with Crippen LogP contribution in [0.25, 0.3) is 0 Å². The third-order valence-electron chi connectivity index (χ3n) is 4.34. The number of hydrogen-bond donors (Lipinski definition) is 0. The van der Waals surface area contributed by atoms with Crippen molar-refractivity contribution in [2.24, 2.45) is 0 Å². The van der Waals surface area contributed by atoms with Gasteiger partial charge in [0.2, 0.25) is 5.88 Å². The molecule has 3 heteroatoms. The summed E-state index contributed by atoms with van der Waals surface area (Å²) < 4.78 is 6.03. The Morgan fingerprint density at radius 2 is 2.00 bits per heavy atom. The first kappa shape index (κ1) is 15.0. The zero-order chi connectivity index (χ0) is 15.4. The van der Waals surface area contributed by atoms with Gasteiger partial charge in [-0.05, 0) is 44.9 Å². The molecule has 0 spiro atoms. The number of aromatic nitrogens is 1. The third-order valence-corrected chi connectivity index (χ3v) is 4.34. The number of rotatable bonds is 5. The van der Waals surface area contributed by atoms with E-state index < -0.39 is 0 Å². The van der Waals surface area contributed by atoms with Crippen molar-refractivity contribution < 1.29 is 4.74 Å². The van der Waals surface area contributed by atoms with E-state index in [1.807, 2.05) is 30.5 Å². The fourth-order valence-electron chi connectivity index (χ4n) is 3.24. The Kier molecular flexibility index (Phi) is 4.74. The Morgan fingerprint density at radius 1 is 1.18 bits per heavy atom. The lowest BCUT2D eigenvalue weighted by Gasteiger charge is -2.29. The van der Waals surface area contributed by atoms with Crippen molar-refractivity contribution >= 4 is 0 Å². The molecule has 1 aromatic heterocycles. The lowest BCUT2D eigenvalue weighted by Crippen LogP contribution is -2.30. The second-order valence-corrected chi connectivity index (χ2v) is 6.16. The van der Waals surface area contributed by atoms with Crippen molar-refractivity contribution in [3.8, 4) is 5.88 Å². The van der Waals surface area contributed by atoms with Crippen LogP contribution in [-0.4, -0.2) is 22.5 Å². The molecule has 1 saturated heterocycles. The van der Waals surface area contributed by atoms with Crippen LogP contribution in [0, 0.1) is 0 Å². The van der Waals surface area contributed by atoms with Crippen molar-refractivity contribution in [3.63, 3.8) is 0 Å². The number of likely N-dealkylation sites (tertiary alicyclic amines) is 1. The lowest BCUT2D eigenvalue weighted by atomic mass is 10.1. The number of pyridine rings is 1. The topological polar surface area (TPSA) is 25.4 Å². The van der Waals surface area contributed by atoms with Crippen molar-refractivity contribution in [1.29, 1.82) is 0 Å². The highest BCUT2D eigenvalue weighted by Crippen LogP contribution is 2.37. The molecule has 1 fully saturated rings. The Bertz CT molecular complexity index is 597. The number of hydrogen-bond acceptors (Lipinski definition) is 3. The van der Waals surface area contributed by atoms with E-state index in [0.717, 1.165) is 12.4 Å². The first-order valence-corrected chi connectivity index (χ1v) is 8.13. The van der Waals surface area contributed by atoms with E-state index >= 15 is 0 Å². The second-order valence-electron chi connectivity index (χ2n) is 6.16. The summed E-state index contributed by atoms with van der Waals surface area (Å²) in [4.78, 5) is 7.03. The van der Waals surface area contributed by atoms with Crippen LogP contribution >= 0.6 is 0 Å². The van der Waals surface area contributed by atoms with Crippen LogP contribution in [0.3, 0.4) is 0 Å². The number of benzene rings is 1. The molecule has 3 nitrogen and oxygen atoms in total. The third kappa shape index (κ3) is 3.30. The van der Waals surface area contributed by atoms with Gasteiger partial charge in [0.1, 0.15) is 6.61 Å². The highest BCUT2D eigenvalue weighted by atomic mass is 16.5. The van der Waals surface area contributed by atoms with Gasteiger partial charge < -0.3 is 4.74 Å². The van der Waals surface area contributed by atoms with E-state index in [9.17, 15) is 0 Å². The lowest BCUT2D eigenvalue weighted by molar-refractivity contribution is 0.197. The first-order valence-electron chi connectivity index (χ1n) is 8.13. The summed E-state index contributed by atoms with van der Waals surface area (Å²) in [5, 5.41) is 0. The maximum atomic E-state index is 6.03. The molecule has 1 aliphatic heterocycles. The van der Waals surface area contributed by atoms with Crippen LogP contribution in [0.5, 0.6) is 5.88 Å². The summed E-state index contributed by atoms with van der Waals surface area (Å²) in [6, 6.07) is 15.4. The minimum absolute atomic E-state index is 0.430. The number of ether oxygens (including phenoxy) is 1. The molecule has 0 bridgehead atoms. The van der Waals surface area contributed by atoms with Crippen molar-refractivity contribution in [2.75, 3.05) is 6.54 Å². The Hall–Kier alpha value is -1.87. The monoisotopic (exact) mass is 296 g/mol. The second kappa shape index (κ2) is 6.93. The molecule has 0 radical (unpaired) electrons. The highest BCUT2D eigenvalue weighted by Gasteiger charge is 2.30. The average molecular weight is 296 g/mol. The Morgan fingerprint density at radius 3 is 2.77 bits per heavy atom.